The first-order chi connectivity index (χ1) is 15.6. The standard InChI is InChI=1S/C21H23N7O4S/c1-14(29)23-17-5-4-6-18(13-17)25-21-22-12-11-19(26-21)24-16-9-7-15(8-10-16)20(30)27-33(31,32)28(2)3/h4-13H,1-3H3,(H,23,29)(H,27,30)(H2,22,24,25,26). The van der Waals surface area contributed by atoms with E-state index in [9.17, 15) is 18.0 Å². The fraction of sp³-hybridized carbons (Fsp3) is 0.143. The molecule has 3 rings (SSSR count). The van der Waals surface area contributed by atoms with Crippen molar-refractivity contribution in [3.63, 3.8) is 0 Å². The third-order valence-electron chi connectivity index (χ3n) is 4.22. The van der Waals surface area contributed by atoms with E-state index in [-0.39, 0.29) is 11.5 Å². The maximum atomic E-state index is 12.1. The highest BCUT2D eigenvalue weighted by Gasteiger charge is 2.18. The fourth-order valence-corrected chi connectivity index (χ4v) is 3.15. The summed E-state index contributed by atoms with van der Waals surface area (Å²) in [6.45, 7) is 1.43. The van der Waals surface area contributed by atoms with Crippen LogP contribution >= 0.6 is 0 Å². The molecular formula is C21H23N7O4S. The zero-order chi connectivity index (χ0) is 24.0. The van der Waals surface area contributed by atoms with E-state index in [1.54, 1.807) is 42.6 Å². The summed E-state index contributed by atoms with van der Waals surface area (Å²) in [5, 5.41) is 8.87. The third kappa shape index (κ3) is 6.72. The van der Waals surface area contributed by atoms with Crippen molar-refractivity contribution in [3.8, 4) is 0 Å². The topological polar surface area (TPSA) is 145 Å². The number of nitrogens with zero attached hydrogens (tertiary/aromatic N) is 3. The lowest BCUT2D eigenvalue weighted by Gasteiger charge is -2.12. The first kappa shape index (κ1) is 23.6. The molecule has 33 heavy (non-hydrogen) atoms. The van der Waals surface area contributed by atoms with Gasteiger partial charge in [0, 0.05) is 49.8 Å². The lowest BCUT2D eigenvalue weighted by Crippen LogP contribution is -2.39. The molecular weight excluding hydrogens is 446 g/mol. The minimum atomic E-state index is -3.87. The SMILES string of the molecule is CC(=O)Nc1cccc(Nc2nccc(Nc3ccc(C(=O)NS(=O)(=O)N(C)C)cc3)n2)c1. The monoisotopic (exact) mass is 469 g/mol. The molecule has 2 aromatic carbocycles. The van der Waals surface area contributed by atoms with Gasteiger partial charge in [-0.3, -0.25) is 9.59 Å². The molecule has 172 valence electrons. The number of aromatic nitrogens is 2. The van der Waals surface area contributed by atoms with Gasteiger partial charge in [0.1, 0.15) is 5.82 Å². The van der Waals surface area contributed by atoms with Crippen LogP contribution in [0.25, 0.3) is 0 Å². The molecule has 1 heterocycles. The van der Waals surface area contributed by atoms with Gasteiger partial charge < -0.3 is 16.0 Å². The molecule has 0 radical (unpaired) electrons. The minimum absolute atomic E-state index is 0.169. The van der Waals surface area contributed by atoms with Crippen LogP contribution in [0.3, 0.4) is 0 Å². The van der Waals surface area contributed by atoms with E-state index in [1.165, 1.54) is 33.2 Å². The van der Waals surface area contributed by atoms with Crippen molar-refractivity contribution in [2.24, 2.45) is 0 Å². The number of carbonyl (C=O) groups excluding carboxylic acids is 2. The molecule has 0 fully saturated rings. The molecule has 0 saturated carbocycles. The van der Waals surface area contributed by atoms with Crippen LogP contribution in [0.2, 0.25) is 0 Å². The maximum Gasteiger partial charge on any atom is 0.303 e. The zero-order valence-corrected chi connectivity index (χ0v) is 19.0. The van der Waals surface area contributed by atoms with Crippen LogP contribution in [0.15, 0.2) is 60.8 Å². The van der Waals surface area contributed by atoms with Gasteiger partial charge in [-0.1, -0.05) is 6.07 Å². The summed E-state index contributed by atoms with van der Waals surface area (Å²) < 4.78 is 26.5. The van der Waals surface area contributed by atoms with Crippen molar-refractivity contribution in [1.82, 2.24) is 19.0 Å². The Morgan fingerprint density at radius 3 is 2.27 bits per heavy atom. The van der Waals surface area contributed by atoms with Gasteiger partial charge in [0.2, 0.25) is 11.9 Å². The van der Waals surface area contributed by atoms with Gasteiger partial charge in [-0.05, 0) is 48.5 Å². The lowest BCUT2D eigenvalue weighted by atomic mass is 10.2. The van der Waals surface area contributed by atoms with Crippen molar-refractivity contribution in [3.05, 3.63) is 66.4 Å². The molecule has 0 aliphatic rings. The number of rotatable bonds is 8. The number of nitrogens with one attached hydrogen (secondary N) is 4. The summed E-state index contributed by atoms with van der Waals surface area (Å²) in [5.74, 6) is -0.0644. The number of benzene rings is 2. The molecule has 11 nitrogen and oxygen atoms in total. The van der Waals surface area contributed by atoms with E-state index in [2.05, 4.69) is 25.9 Å². The second-order valence-electron chi connectivity index (χ2n) is 7.07. The molecule has 4 N–H and O–H groups in total. The fourth-order valence-electron chi connectivity index (χ4n) is 2.62. The number of amides is 2. The van der Waals surface area contributed by atoms with E-state index in [1.807, 2.05) is 10.8 Å². The van der Waals surface area contributed by atoms with Gasteiger partial charge in [0.15, 0.2) is 0 Å². The molecule has 0 atom stereocenters. The first-order valence-electron chi connectivity index (χ1n) is 9.72. The second kappa shape index (κ2) is 10.1. The van der Waals surface area contributed by atoms with Gasteiger partial charge in [-0.25, -0.2) is 9.71 Å². The van der Waals surface area contributed by atoms with Crippen molar-refractivity contribution < 1.29 is 18.0 Å². The largest absolute Gasteiger partial charge is 0.340 e. The number of hydrogen-bond acceptors (Lipinski definition) is 8. The number of carbonyl (C=O) groups is 2. The van der Waals surface area contributed by atoms with Gasteiger partial charge in [-0.2, -0.15) is 17.7 Å². The van der Waals surface area contributed by atoms with Crippen molar-refractivity contribution in [2.45, 2.75) is 6.92 Å². The highest BCUT2D eigenvalue weighted by atomic mass is 32.2. The van der Waals surface area contributed by atoms with E-state index in [4.69, 9.17) is 0 Å². The van der Waals surface area contributed by atoms with Crippen LogP contribution in [-0.2, 0) is 15.0 Å². The van der Waals surface area contributed by atoms with Crippen LogP contribution in [0.5, 0.6) is 0 Å². The molecule has 1 aromatic heterocycles. The molecule has 0 aliphatic heterocycles. The van der Waals surface area contributed by atoms with Crippen LogP contribution in [-0.4, -0.2) is 48.6 Å². The van der Waals surface area contributed by atoms with Gasteiger partial charge in [-0.15, -0.1) is 0 Å². The quantitative estimate of drug-likeness (QED) is 0.394. The van der Waals surface area contributed by atoms with Gasteiger partial charge in [0.05, 0.1) is 0 Å². The molecule has 0 bridgehead atoms. The van der Waals surface area contributed by atoms with Gasteiger partial charge >= 0.3 is 10.2 Å². The predicted molar refractivity (Wildman–Crippen MR) is 126 cm³/mol. The van der Waals surface area contributed by atoms with Crippen LogP contribution in [0.4, 0.5) is 28.8 Å². The summed E-state index contributed by atoms with van der Waals surface area (Å²) in [4.78, 5) is 32.0. The zero-order valence-electron chi connectivity index (χ0n) is 18.2. The Morgan fingerprint density at radius 2 is 1.61 bits per heavy atom. The summed E-state index contributed by atoms with van der Waals surface area (Å²) >= 11 is 0. The molecule has 0 aliphatic carbocycles. The van der Waals surface area contributed by atoms with Crippen LogP contribution in [0.1, 0.15) is 17.3 Å². The summed E-state index contributed by atoms with van der Waals surface area (Å²) in [7, 11) is -1.22. The van der Waals surface area contributed by atoms with E-state index in [0.717, 1.165) is 4.31 Å². The average molecular weight is 470 g/mol. The molecule has 0 unspecified atom stereocenters. The van der Waals surface area contributed by atoms with Gasteiger partial charge in [0.25, 0.3) is 5.91 Å². The Hall–Kier alpha value is -4.03. The predicted octanol–water partition coefficient (Wildman–Crippen LogP) is 2.46. The Bertz CT molecular complexity index is 1260. The third-order valence-corrected chi connectivity index (χ3v) is 5.62. The first-order valence-corrected chi connectivity index (χ1v) is 11.2. The maximum absolute atomic E-state index is 12.1. The average Bonchev–Trinajstić information content (AvgIpc) is 2.74. The summed E-state index contributed by atoms with van der Waals surface area (Å²) in [5.41, 5.74) is 2.17. The van der Waals surface area contributed by atoms with Crippen molar-refractivity contribution in [2.75, 3.05) is 30.0 Å². The highest BCUT2D eigenvalue weighted by molar-refractivity contribution is 7.87. The summed E-state index contributed by atoms with van der Waals surface area (Å²) in [6.07, 6.45) is 1.57. The number of hydrogen-bond donors (Lipinski definition) is 4. The van der Waals surface area contributed by atoms with Crippen molar-refractivity contribution >= 4 is 50.9 Å². The minimum Gasteiger partial charge on any atom is -0.340 e. The summed E-state index contributed by atoms with van der Waals surface area (Å²) in [6, 6.07) is 15.0. The highest BCUT2D eigenvalue weighted by Crippen LogP contribution is 2.20. The molecule has 2 amide bonds. The lowest BCUT2D eigenvalue weighted by molar-refractivity contribution is -0.114. The Morgan fingerprint density at radius 1 is 0.909 bits per heavy atom. The second-order valence-corrected chi connectivity index (χ2v) is 8.96. The van der Waals surface area contributed by atoms with Crippen LogP contribution in [0, 0.1) is 0 Å². The van der Waals surface area contributed by atoms with E-state index < -0.39 is 16.1 Å². The Balaban J connectivity index is 1.67. The Kier molecular flexibility index (Phi) is 7.20. The molecule has 0 spiro atoms. The molecule has 12 heteroatoms. The van der Waals surface area contributed by atoms with E-state index in [0.29, 0.717) is 28.8 Å². The number of anilines is 5. The van der Waals surface area contributed by atoms with E-state index >= 15 is 0 Å². The normalized spacial score (nSPS) is 11.0. The van der Waals surface area contributed by atoms with Crippen molar-refractivity contribution in [1.29, 1.82) is 0 Å². The molecule has 3 aromatic rings. The van der Waals surface area contributed by atoms with Crippen LogP contribution < -0.4 is 20.7 Å². The Labute approximate surface area is 191 Å². The smallest absolute Gasteiger partial charge is 0.303 e. The molecule has 0 saturated heterocycles.